The van der Waals surface area contributed by atoms with Crippen molar-refractivity contribution in [2.24, 2.45) is 0 Å². The van der Waals surface area contributed by atoms with Gasteiger partial charge in [0.1, 0.15) is 0 Å². The second-order valence-electron chi connectivity index (χ2n) is 3.75. The SMILES string of the molecule is Cc1cnc(N2CCC[C@@H]2C)nc1. The van der Waals surface area contributed by atoms with Gasteiger partial charge in [-0.15, -0.1) is 0 Å². The highest BCUT2D eigenvalue weighted by atomic mass is 15.3. The van der Waals surface area contributed by atoms with Crippen LogP contribution in [0.4, 0.5) is 5.95 Å². The number of aromatic nitrogens is 2. The predicted molar refractivity (Wildman–Crippen MR) is 52.8 cm³/mol. The molecular weight excluding hydrogens is 162 g/mol. The monoisotopic (exact) mass is 177 g/mol. The van der Waals surface area contributed by atoms with E-state index in [-0.39, 0.29) is 0 Å². The van der Waals surface area contributed by atoms with E-state index in [1.807, 2.05) is 19.3 Å². The second-order valence-corrected chi connectivity index (χ2v) is 3.75. The number of anilines is 1. The Labute approximate surface area is 78.8 Å². The van der Waals surface area contributed by atoms with E-state index < -0.39 is 0 Å². The first-order valence-electron chi connectivity index (χ1n) is 4.82. The van der Waals surface area contributed by atoms with Crippen molar-refractivity contribution in [2.75, 3.05) is 11.4 Å². The van der Waals surface area contributed by atoms with E-state index in [1.54, 1.807) is 0 Å². The van der Waals surface area contributed by atoms with Crippen molar-refractivity contribution >= 4 is 5.95 Å². The molecule has 0 amide bonds. The lowest BCUT2D eigenvalue weighted by Crippen LogP contribution is -2.28. The van der Waals surface area contributed by atoms with Crippen molar-refractivity contribution in [1.82, 2.24) is 9.97 Å². The molecule has 0 aliphatic carbocycles. The topological polar surface area (TPSA) is 29.0 Å². The van der Waals surface area contributed by atoms with Crippen LogP contribution in [0, 0.1) is 6.92 Å². The summed E-state index contributed by atoms with van der Waals surface area (Å²) in [5, 5.41) is 0. The van der Waals surface area contributed by atoms with Crippen molar-refractivity contribution in [3.05, 3.63) is 18.0 Å². The molecule has 1 aromatic heterocycles. The highest BCUT2D eigenvalue weighted by Crippen LogP contribution is 2.20. The summed E-state index contributed by atoms with van der Waals surface area (Å²) in [5.41, 5.74) is 1.12. The molecule has 0 saturated carbocycles. The maximum atomic E-state index is 4.33. The maximum Gasteiger partial charge on any atom is 0.225 e. The Kier molecular flexibility index (Phi) is 2.17. The van der Waals surface area contributed by atoms with E-state index in [1.165, 1.54) is 12.8 Å². The fourth-order valence-corrected chi connectivity index (χ4v) is 1.76. The number of nitrogens with zero attached hydrogens (tertiary/aromatic N) is 3. The largest absolute Gasteiger partial charge is 0.338 e. The molecule has 1 aromatic rings. The molecule has 0 bridgehead atoms. The van der Waals surface area contributed by atoms with Crippen LogP contribution in [0.3, 0.4) is 0 Å². The molecule has 70 valence electrons. The van der Waals surface area contributed by atoms with Crippen LogP contribution in [-0.2, 0) is 0 Å². The molecule has 1 atom stereocenters. The Balaban J connectivity index is 2.20. The Hall–Kier alpha value is -1.12. The summed E-state index contributed by atoms with van der Waals surface area (Å²) in [6.45, 7) is 5.34. The van der Waals surface area contributed by atoms with Crippen molar-refractivity contribution in [3.8, 4) is 0 Å². The summed E-state index contributed by atoms with van der Waals surface area (Å²) in [6, 6.07) is 0.600. The molecule has 0 radical (unpaired) electrons. The van der Waals surface area contributed by atoms with Crippen molar-refractivity contribution in [2.45, 2.75) is 32.7 Å². The molecule has 3 heteroatoms. The highest BCUT2D eigenvalue weighted by Gasteiger charge is 2.21. The van der Waals surface area contributed by atoms with Gasteiger partial charge in [-0.3, -0.25) is 0 Å². The summed E-state index contributed by atoms with van der Waals surface area (Å²) < 4.78 is 0. The lowest BCUT2D eigenvalue weighted by Gasteiger charge is -2.20. The first-order chi connectivity index (χ1) is 6.27. The Morgan fingerprint density at radius 1 is 1.38 bits per heavy atom. The highest BCUT2D eigenvalue weighted by molar-refractivity contribution is 5.32. The Bertz CT molecular complexity index is 281. The summed E-state index contributed by atoms with van der Waals surface area (Å²) >= 11 is 0. The Morgan fingerprint density at radius 2 is 2.08 bits per heavy atom. The number of aryl methyl sites for hydroxylation is 1. The van der Waals surface area contributed by atoms with E-state index in [0.717, 1.165) is 18.1 Å². The maximum absolute atomic E-state index is 4.33. The first kappa shape index (κ1) is 8.48. The van der Waals surface area contributed by atoms with Gasteiger partial charge in [-0.1, -0.05) is 0 Å². The molecule has 2 rings (SSSR count). The minimum absolute atomic E-state index is 0.600. The zero-order chi connectivity index (χ0) is 9.26. The molecule has 1 aliphatic heterocycles. The van der Waals surface area contributed by atoms with Gasteiger partial charge in [0.05, 0.1) is 0 Å². The van der Waals surface area contributed by atoms with E-state index in [0.29, 0.717) is 6.04 Å². The average Bonchev–Trinajstić information content (AvgIpc) is 2.53. The molecule has 1 fully saturated rings. The number of hydrogen-bond donors (Lipinski definition) is 0. The van der Waals surface area contributed by atoms with E-state index in [9.17, 15) is 0 Å². The zero-order valence-corrected chi connectivity index (χ0v) is 8.20. The average molecular weight is 177 g/mol. The smallest absolute Gasteiger partial charge is 0.225 e. The van der Waals surface area contributed by atoms with Crippen LogP contribution in [0.1, 0.15) is 25.3 Å². The standard InChI is InChI=1S/C10H15N3/c1-8-6-11-10(12-7-8)13-5-3-4-9(13)2/h6-7,9H,3-5H2,1-2H3/t9-/m0/s1. The molecule has 0 spiro atoms. The third-order valence-corrected chi connectivity index (χ3v) is 2.58. The lowest BCUT2D eigenvalue weighted by molar-refractivity contribution is 0.716. The van der Waals surface area contributed by atoms with Gasteiger partial charge >= 0.3 is 0 Å². The molecule has 3 nitrogen and oxygen atoms in total. The fraction of sp³-hybridized carbons (Fsp3) is 0.600. The van der Waals surface area contributed by atoms with Gasteiger partial charge in [-0.25, -0.2) is 9.97 Å². The van der Waals surface area contributed by atoms with Crippen LogP contribution < -0.4 is 4.90 Å². The molecule has 1 aliphatic rings. The van der Waals surface area contributed by atoms with Gasteiger partial charge in [0, 0.05) is 25.0 Å². The Morgan fingerprint density at radius 3 is 2.62 bits per heavy atom. The van der Waals surface area contributed by atoms with Gasteiger partial charge in [0.25, 0.3) is 0 Å². The summed E-state index contributed by atoms with van der Waals surface area (Å²) in [4.78, 5) is 10.9. The van der Waals surface area contributed by atoms with Crippen LogP contribution in [0.2, 0.25) is 0 Å². The van der Waals surface area contributed by atoms with Gasteiger partial charge in [-0.05, 0) is 32.3 Å². The fourth-order valence-electron chi connectivity index (χ4n) is 1.76. The van der Waals surface area contributed by atoms with Crippen LogP contribution in [-0.4, -0.2) is 22.6 Å². The number of rotatable bonds is 1. The molecule has 0 unspecified atom stereocenters. The second kappa shape index (κ2) is 3.32. The minimum Gasteiger partial charge on any atom is -0.338 e. The number of hydrogen-bond acceptors (Lipinski definition) is 3. The van der Waals surface area contributed by atoms with Gasteiger partial charge in [-0.2, -0.15) is 0 Å². The first-order valence-corrected chi connectivity index (χ1v) is 4.82. The third-order valence-electron chi connectivity index (χ3n) is 2.58. The molecule has 1 saturated heterocycles. The van der Waals surface area contributed by atoms with Crippen molar-refractivity contribution in [1.29, 1.82) is 0 Å². The van der Waals surface area contributed by atoms with Crippen LogP contribution in [0.5, 0.6) is 0 Å². The summed E-state index contributed by atoms with van der Waals surface area (Å²) in [5.74, 6) is 0.885. The molecular formula is C10H15N3. The summed E-state index contributed by atoms with van der Waals surface area (Å²) in [6.07, 6.45) is 6.29. The van der Waals surface area contributed by atoms with Crippen LogP contribution in [0.25, 0.3) is 0 Å². The third kappa shape index (κ3) is 1.64. The lowest BCUT2D eigenvalue weighted by atomic mass is 10.2. The molecule has 0 N–H and O–H groups in total. The van der Waals surface area contributed by atoms with Gasteiger partial charge in [0.2, 0.25) is 5.95 Å². The van der Waals surface area contributed by atoms with Gasteiger partial charge in [0.15, 0.2) is 0 Å². The normalized spacial score (nSPS) is 22.3. The van der Waals surface area contributed by atoms with E-state index in [2.05, 4.69) is 21.8 Å². The minimum atomic E-state index is 0.600. The zero-order valence-electron chi connectivity index (χ0n) is 8.20. The van der Waals surface area contributed by atoms with E-state index in [4.69, 9.17) is 0 Å². The quantitative estimate of drug-likeness (QED) is 0.654. The van der Waals surface area contributed by atoms with Crippen LogP contribution >= 0.6 is 0 Å². The predicted octanol–water partition coefficient (Wildman–Crippen LogP) is 1.77. The molecule has 13 heavy (non-hydrogen) atoms. The molecule has 0 aromatic carbocycles. The van der Waals surface area contributed by atoms with E-state index >= 15 is 0 Å². The van der Waals surface area contributed by atoms with Crippen molar-refractivity contribution in [3.63, 3.8) is 0 Å². The van der Waals surface area contributed by atoms with Crippen LogP contribution in [0.15, 0.2) is 12.4 Å². The van der Waals surface area contributed by atoms with Crippen molar-refractivity contribution < 1.29 is 0 Å². The van der Waals surface area contributed by atoms with Gasteiger partial charge < -0.3 is 4.90 Å². The molecule has 2 heterocycles. The summed E-state index contributed by atoms with van der Waals surface area (Å²) in [7, 11) is 0.